The van der Waals surface area contributed by atoms with Gasteiger partial charge in [0.2, 0.25) is 5.89 Å². The van der Waals surface area contributed by atoms with Gasteiger partial charge in [-0.05, 0) is 52.6 Å². The van der Waals surface area contributed by atoms with E-state index >= 15 is 0 Å². The predicted octanol–water partition coefficient (Wildman–Crippen LogP) is 2.70. The largest absolute Gasteiger partial charge is 0.444 e. The van der Waals surface area contributed by atoms with E-state index < -0.39 is 0 Å². The number of nitrogens with one attached hydrogen (secondary N) is 2. The van der Waals surface area contributed by atoms with E-state index in [4.69, 9.17) is 4.42 Å². The quantitative estimate of drug-likeness (QED) is 0.397. The van der Waals surface area contributed by atoms with Crippen LogP contribution in [-0.4, -0.2) is 48.6 Å². The lowest BCUT2D eigenvalue weighted by Gasteiger charge is -2.30. The zero-order chi connectivity index (χ0) is 16.7. The summed E-state index contributed by atoms with van der Waals surface area (Å²) in [7, 11) is 0. The zero-order valence-corrected chi connectivity index (χ0v) is 17.7. The Labute approximate surface area is 162 Å². The summed E-state index contributed by atoms with van der Waals surface area (Å²) >= 11 is 0. The molecule has 2 N–H and O–H groups in total. The standard InChI is InChI=1S/C17H31N5O.HI/c1-5-18-17(20-12-16-21-14(3)15(4)23-16)19-8-11-22-9-6-13(2)7-10-22;/h13H,5-12H2,1-4H3,(H2,18,19,20);1H. The number of guanidine groups is 1. The van der Waals surface area contributed by atoms with E-state index in [1.54, 1.807) is 0 Å². The molecule has 0 spiro atoms. The minimum absolute atomic E-state index is 0. The minimum Gasteiger partial charge on any atom is -0.444 e. The maximum atomic E-state index is 5.57. The van der Waals surface area contributed by atoms with Crippen molar-refractivity contribution in [2.75, 3.05) is 32.7 Å². The van der Waals surface area contributed by atoms with Gasteiger partial charge in [0.1, 0.15) is 12.3 Å². The summed E-state index contributed by atoms with van der Waals surface area (Å²) in [4.78, 5) is 11.4. The summed E-state index contributed by atoms with van der Waals surface area (Å²) in [6.07, 6.45) is 2.63. The van der Waals surface area contributed by atoms with Crippen LogP contribution in [-0.2, 0) is 6.54 Å². The molecule has 0 radical (unpaired) electrons. The molecular formula is C17H32IN5O. The molecule has 6 nitrogen and oxygen atoms in total. The average molecular weight is 449 g/mol. The van der Waals surface area contributed by atoms with Gasteiger partial charge >= 0.3 is 0 Å². The van der Waals surface area contributed by atoms with E-state index in [0.29, 0.717) is 12.4 Å². The molecule has 0 amide bonds. The van der Waals surface area contributed by atoms with Crippen LogP contribution in [0.1, 0.15) is 44.0 Å². The molecule has 2 heterocycles. The molecule has 138 valence electrons. The summed E-state index contributed by atoms with van der Waals surface area (Å²) in [6.45, 7) is 14.0. The van der Waals surface area contributed by atoms with Crippen molar-refractivity contribution in [2.45, 2.75) is 47.1 Å². The molecule has 0 aliphatic carbocycles. The van der Waals surface area contributed by atoms with Gasteiger partial charge in [-0.25, -0.2) is 9.98 Å². The molecule has 1 saturated heterocycles. The summed E-state index contributed by atoms with van der Waals surface area (Å²) in [5, 5.41) is 6.67. The number of nitrogens with zero attached hydrogens (tertiary/aromatic N) is 3. The van der Waals surface area contributed by atoms with Crippen molar-refractivity contribution in [1.82, 2.24) is 20.5 Å². The number of rotatable bonds is 6. The summed E-state index contributed by atoms with van der Waals surface area (Å²) < 4.78 is 5.57. The van der Waals surface area contributed by atoms with Crippen molar-refractivity contribution in [1.29, 1.82) is 0 Å². The second-order valence-corrected chi connectivity index (χ2v) is 6.40. The number of hydrogen-bond acceptors (Lipinski definition) is 4. The van der Waals surface area contributed by atoms with E-state index in [-0.39, 0.29) is 24.0 Å². The van der Waals surface area contributed by atoms with Crippen molar-refractivity contribution in [3.05, 3.63) is 17.3 Å². The van der Waals surface area contributed by atoms with E-state index in [0.717, 1.165) is 43.0 Å². The second-order valence-electron chi connectivity index (χ2n) is 6.40. The number of halogens is 1. The molecule has 1 aromatic heterocycles. The molecule has 0 aromatic carbocycles. The van der Waals surface area contributed by atoms with Gasteiger partial charge in [-0.3, -0.25) is 0 Å². The van der Waals surface area contributed by atoms with E-state index in [1.165, 1.54) is 25.9 Å². The Morgan fingerprint density at radius 1 is 1.29 bits per heavy atom. The van der Waals surface area contributed by atoms with Crippen LogP contribution in [0.4, 0.5) is 0 Å². The van der Waals surface area contributed by atoms with Crippen LogP contribution in [0.25, 0.3) is 0 Å². The molecule has 0 unspecified atom stereocenters. The van der Waals surface area contributed by atoms with E-state index in [2.05, 4.69) is 39.4 Å². The highest BCUT2D eigenvalue weighted by Gasteiger charge is 2.15. The molecule has 2 rings (SSSR count). The molecular weight excluding hydrogens is 417 g/mol. The third-order valence-electron chi connectivity index (χ3n) is 4.39. The molecule has 0 saturated carbocycles. The van der Waals surface area contributed by atoms with E-state index in [9.17, 15) is 0 Å². The van der Waals surface area contributed by atoms with Gasteiger partial charge in [-0.15, -0.1) is 24.0 Å². The van der Waals surface area contributed by atoms with Crippen LogP contribution >= 0.6 is 24.0 Å². The van der Waals surface area contributed by atoms with Gasteiger partial charge in [0.05, 0.1) is 5.69 Å². The number of aromatic nitrogens is 1. The molecule has 0 bridgehead atoms. The summed E-state index contributed by atoms with van der Waals surface area (Å²) in [5.74, 6) is 3.24. The van der Waals surface area contributed by atoms with Gasteiger partial charge < -0.3 is 20.0 Å². The Bertz CT molecular complexity index is 490. The molecule has 0 atom stereocenters. The first-order chi connectivity index (χ1) is 11.1. The van der Waals surface area contributed by atoms with Gasteiger partial charge in [0.25, 0.3) is 0 Å². The number of aliphatic imine (C=N–C) groups is 1. The van der Waals surface area contributed by atoms with Crippen LogP contribution in [0.15, 0.2) is 9.41 Å². The van der Waals surface area contributed by atoms with E-state index in [1.807, 2.05) is 13.8 Å². The molecule has 1 aromatic rings. The van der Waals surface area contributed by atoms with Crippen molar-refractivity contribution >= 4 is 29.9 Å². The van der Waals surface area contributed by atoms with Crippen LogP contribution in [0.3, 0.4) is 0 Å². The lowest BCUT2D eigenvalue weighted by Crippen LogP contribution is -2.43. The SMILES string of the molecule is CCNC(=NCc1nc(C)c(C)o1)NCCN1CCC(C)CC1.I. The third-order valence-corrected chi connectivity index (χ3v) is 4.39. The molecule has 1 fully saturated rings. The summed E-state index contributed by atoms with van der Waals surface area (Å²) in [5.41, 5.74) is 0.937. The Morgan fingerprint density at radius 2 is 2.00 bits per heavy atom. The maximum absolute atomic E-state index is 5.57. The van der Waals surface area contributed by atoms with Gasteiger partial charge in [0.15, 0.2) is 5.96 Å². The fourth-order valence-electron chi connectivity index (χ4n) is 2.71. The zero-order valence-electron chi connectivity index (χ0n) is 15.4. The lowest BCUT2D eigenvalue weighted by molar-refractivity contribution is 0.195. The van der Waals surface area contributed by atoms with Gasteiger partial charge in [0, 0.05) is 19.6 Å². The first kappa shape index (κ1) is 21.2. The first-order valence-electron chi connectivity index (χ1n) is 8.76. The first-order valence-corrected chi connectivity index (χ1v) is 8.76. The summed E-state index contributed by atoms with van der Waals surface area (Å²) in [6, 6.07) is 0. The van der Waals surface area contributed by atoms with Crippen LogP contribution in [0, 0.1) is 19.8 Å². The van der Waals surface area contributed by atoms with Gasteiger partial charge in [-0.2, -0.15) is 0 Å². The number of piperidine rings is 1. The minimum atomic E-state index is 0. The monoisotopic (exact) mass is 449 g/mol. The van der Waals surface area contributed by atoms with Crippen LogP contribution < -0.4 is 10.6 Å². The van der Waals surface area contributed by atoms with Crippen molar-refractivity contribution < 1.29 is 4.42 Å². The van der Waals surface area contributed by atoms with Gasteiger partial charge in [-0.1, -0.05) is 6.92 Å². The Morgan fingerprint density at radius 3 is 2.58 bits per heavy atom. The van der Waals surface area contributed by atoms with Crippen LogP contribution in [0.2, 0.25) is 0 Å². The third kappa shape index (κ3) is 6.96. The highest BCUT2D eigenvalue weighted by atomic mass is 127. The highest BCUT2D eigenvalue weighted by Crippen LogP contribution is 2.15. The normalized spacial score (nSPS) is 16.8. The maximum Gasteiger partial charge on any atom is 0.216 e. The fourth-order valence-corrected chi connectivity index (χ4v) is 2.71. The van der Waals surface area contributed by atoms with Crippen molar-refractivity contribution in [3.63, 3.8) is 0 Å². The Hall–Kier alpha value is -0.830. The Kier molecular flexibility index (Phi) is 9.65. The molecule has 1 aliphatic heterocycles. The topological polar surface area (TPSA) is 65.7 Å². The average Bonchev–Trinajstić information content (AvgIpc) is 2.85. The lowest BCUT2D eigenvalue weighted by atomic mass is 9.99. The van der Waals surface area contributed by atoms with Crippen molar-refractivity contribution in [2.24, 2.45) is 10.9 Å². The fraction of sp³-hybridized carbons (Fsp3) is 0.765. The smallest absolute Gasteiger partial charge is 0.216 e. The molecule has 24 heavy (non-hydrogen) atoms. The Balaban J connectivity index is 0.00000288. The second kappa shape index (κ2) is 10.9. The number of aryl methyl sites for hydroxylation is 2. The number of hydrogen-bond donors (Lipinski definition) is 2. The van der Waals surface area contributed by atoms with Crippen molar-refractivity contribution in [3.8, 4) is 0 Å². The molecule has 1 aliphatic rings. The molecule has 7 heteroatoms. The number of likely N-dealkylation sites (tertiary alicyclic amines) is 1. The number of oxazole rings is 1. The predicted molar refractivity (Wildman–Crippen MR) is 109 cm³/mol. The highest BCUT2D eigenvalue weighted by molar-refractivity contribution is 14.0. The van der Waals surface area contributed by atoms with Crippen LogP contribution in [0.5, 0.6) is 0 Å².